The molecule has 9 nitrogen and oxygen atoms in total. The molecular weight excluding hydrogens is 484 g/mol. The second kappa shape index (κ2) is 10.9. The highest BCUT2D eigenvalue weighted by Crippen LogP contribution is 2.30. The number of benzene rings is 1. The Hall–Kier alpha value is -3.70. The number of carbonyl (C=O) groups is 1. The number of anilines is 1. The Morgan fingerprint density at radius 3 is 2.62 bits per heavy atom. The Balaban J connectivity index is 2.15. The van der Waals surface area contributed by atoms with Crippen molar-refractivity contribution in [3.8, 4) is 11.9 Å². The molecule has 0 aliphatic heterocycles. The second-order valence-corrected chi connectivity index (χ2v) is 8.45. The van der Waals surface area contributed by atoms with Crippen LogP contribution in [0.2, 0.25) is 0 Å². The number of hydrogen-bond acceptors (Lipinski definition) is 7. The molecule has 1 aromatic carbocycles. The van der Waals surface area contributed by atoms with Crippen molar-refractivity contribution in [3.05, 3.63) is 58.5 Å². The summed E-state index contributed by atoms with van der Waals surface area (Å²) in [6.07, 6.45) is -1.83. The SMILES string of the molecule is CS(=O)(=O)Nc1c(F)cc(CNC(=O)/C=C/c2ccc(C(F)(F)F)nc2OCCO)cc1C#N. The fourth-order valence-electron chi connectivity index (χ4n) is 2.55. The van der Waals surface area contributed by atoms with Crippen molar-refractivity contribution in [2.75, 3.05) is 24.2 Å². The summed E-state index contributed by atoms with van der Waals surface area (Å²) < 4.78 is 82.4. The third kappa shape index (κ3) is 7.71. The lowest BCUT2D eigenvalue weighted by molar-refractivity contribution is -0.141. The molecule has 0 bridgehead atoms. The van der Waals surface area contributed by atoms with Crippen LogP contribution in [-0.4, -0.2) is 43.9 Å². The van der Waals surface area contributed by atoms with Crippen LogP contribution in [0, 0.1) is 17.1 Å². The van der Waals surface area contributed by atoms with Gasteiger partial charge in [0, 0.05) is 18.2 Å². The lowest BCUT2D eigenvalue weighted by Gasteiger charge is -2.11. The van der Waals surface area contributed by atoms with E-state index in [9.17, 15) is 30.8 Å². The molecule has 182 valence electrons. The van der Waals surface area contributed by atoms with Gasteiger partial charge < -0.3 is 15.2 Å². The number of alkyl halides is 3. The van der Waals surface area contributed by atoms with E-state index in [2.05, 4.69) is 10.3 Å². The van der Waals surface area contributed by atoms with E-state index in [-0.39, 0.29) is 29.8 Å². The maximum Gasteiger partial charge on any atom is 0.433 e. The summed E-state index contributed by atoms with van der Waals surface area (Å²) in [6, 6.07) is 5.50. The van der Waals surface area contributed by atoms with Crippen LogP contribution in [0.15, 0.2) is 30.3 Å². The van der Waals surface area contributed by atoms with Crippen molar-refractivity contribution in [1.29, 1.82) is 5.26 Å². The van der Waals surface area contributed by atoms with Gasteiger partial charge in [0.1, 0.15) is 29.9 Å². The Morgan fingerprint density at radius 1 is 1.32 bits per heavy atom. The fraction of sp³-hybridized carbons (Fsp3) is 0.250. The standard InChI is InChI=1S/C20H18F4N4O5S/c1-34(31,32)28-18-14(10-25)8-12(9-15(18)21)11-26-17(30)5-3-13-2-4-16(20(22,23)24)27-19(13)33-7-6-29/h2-5,8-9,28-29H,6-7,11H2,1H3,(H,26,30)/b5-3+. The molecule has 34 heavy (non-hydrogen) atoms. The van der Waals surface area contributed by atoms with Gasteiger partial charge in [-0.05, 0) is 35.9 Å². The molecule has 0 aliphatic rings. The van der Waals surface area contributed by atoms with E-state index in [1.165, 1.54) is 6.07 Å². The van der Waals surface area contributed by atoms with Crippen molar-refractivity contribution in [3.63, 3.8) is 0 Å². The molecule has 14 heteroatoms. The minimum absolute atomic E-state index is 0.0330. The van der Waals surface area contributed by atoms with Gasteiger partial charge in [-0.15, -0.1) is 0 Å². The molecule has 1 aromatic heterocycles. The normalized spacial score (nSPS) is 11.8. The Labute approximate surface area is 191 Å². The van der Waals surface area contributed by atoms with E-state index in [4.69, 9.17) is 15.1 Å². The summed E-state index contributed by atoms with van der Waals surface area (Å²) in [7, 11) is -3.84. The fourth-order valence-corrected chi connectivity index (χ4v) is 3.13. The molecule has 0 unspecified atom stereocenters. The predicted molar refractivity (Wildman–Crippen MR) is 112 cm³/mol. The van der Waals surface area contributed by atoms with Crippen LogP contribution in [0.4, 0.5) is 23.2 Å². The maximum atomic E-state index is 14.3. The van der Waals surface area contributed by atoms with Gasteiger partial charge in [0.25, 0.3) is 0 Å². The Bertz CT molecular complexity index is 1240. The number of hydrogen-bond donors (Lipinski definition) is 3. The van der Waals surface area contributed by atoms with Gasteiger partial charge in [0.05, 0.1) is 18.4 Å². The molecule has 2 aromatic rings. The number of nitriles is 1. The first-order chi connectivity index (χ1) is 15.8. The minimum Gasteiger partial charge on any atom is -0.475 e. The molecule has 0 radical (unpaired) electrons. The van der Waals surface area contributed by atoms with E-state index in [1.807, 2.05) is 4.72 Å². The zero-order valence-electron chi connectivity index (χ0n) is 17.5. The average molecular weight is 502 g/mol. The van der Waals surface area contributed by atoms with Gasteiger partial charge in [-0.25, -0.2) is 17.8 Å². The average Bonchev–Trinajstić information content (AvgIpc) is 2.75. The summed E-state index contributed by atoms with van der Waals surface area (Å²) >= 11 is 0. The highest BCUT2D eigenvalue weighted by atomic mass is 32.2. The molecule has 0 atom stereocenters. The molecule has 3 N–H and O–H groups in total. The first-order valence-electron chi connectivity index (χ1n) is 9.32. The zero-order valence-corrected chi connectivity index (χ0v) is 18.3. The first kappa shape index (κ1) is 26.6. The summed E-state index contributed by atoms with van der Waals surface area (Å²) in [5.74, 6) is -2.18. The van der Waals surface area contributed by atoms with Crippen molar-refractivity contribution < 1.29 is 40.6 Å². The molecule has 0 saturated carbocycles. The molecule has 2 rings (SSSR count). The van der Waals surface area contributed by atoms with Crippen LogP contribution in [0.25, 0.3) is 6.08 Å². The smallest absolute Gasteiger partial charge is 0.433 e. The number of rotatable bonds is 9. The van der Waals surface area contributed by atoms with Crippen molar-refractivity contribution in [2.24, 2.45) is 0 Å². The number of aromatic nitrogens is 1. The van der Waals surface area contributed by atoms with Crippen LogP contribution in [0.1, 0.15) is 22.4 Å². The van der Waals surface area contributed by atoms with Crippen molar-refractivity contribution >= 4 is 27.7 Å². The molecular formula is C20H18F4N4O5S. The number of halogens is 4. The molecule has 0 saturated heterocycles. The van der Waals surface area contributed by atoms with E-state index < -0.39 is 51.8 Å². The number of ether oxygens (including phenoxy) is 1. The van der Waals surface area contributed by atoms with Crippen molar-refractivity contribution in [1.82, 2.24) is 10.3 Å². The number of aliphatic hydroxyl groups excluding tert-OH is 1. The first-order valence-corrected chi connectivity index (χ1v) is 11.2. The van der Waals surface area contributed by atoms with Gasteiger partial charge in [0.2, 0.25) is 21.8 Å². The minimum atomic E-state index is -4.72. The monoisotopic (exact) mass is 502 g/mol. The third-order valence-electron chi connectivity index (χ3n) is 3.95. The van der Waals surface area contributed by atoms with Gasteiger partial charge in [-0.2, -0.15) is 18.4 Å². The molecule has 0 spiro atoms. The second-order valence-electron chi connectivity index (χ2n) is 6.70. The lowest BCUT2D eigenvalue weighted by atomic mass is 10.1. The number of nitrogens with one attached hydrogen (secondary N) is 2. The number of amides is 1. The van der Waals surface area contributed by atoms with Gasteiger partial charge in [-0.3, -0.25) is 9.52 Å². The molecule has 1 amide bonds. The molecule has 0 aliphatic carbocycles. The van der Waals surface area contributed by atoms with Crippen LogP contribution in [-0.2, 0) is 27.5 Å². The predicted octanol–water partition coefficient (Wildman–Crippen LogP) is 2.18. The van der Waals surface area contributed by atoms with Gasteiger partial charge in [-0.1, -0.05) is 0 Å². The lowest BCUT2D eigenvalue weighted by Crippen LogP contribution is -2.21. The summed E-state index contributed by atoms with van der Waals surface area (Å²) in [5, 5.41) is 20.4. The summed E-state index contributed by atoms with van der Waals surface area (Å²) in [5.41, 5.74) is -1.85. The van der Waals surface area contributed by atoms with Crippen LogP contribution < -0.4 is 14.8 Å². The largest absolute Gasteiger partial charge is 0.475 e. The number of aliphatic hydroxyl groups is 1. The van der Waals surface area contributed by atoms with E-state index in [1.54, 1.807) is 6.07 Å². The number of nitrogens with zero attached hydrogens (tertiary/aromatic N) is 2. The highest BCUT2D eigenvalue weighted by Gasteiger charge is 2.33. The summed E-state index contributed by atoms with van der Waals surface area (Å²) in [4.78, 5) is 15.5. The number of pyridine rings is 1. The third-order valence-corrected chi connectivity index (χ3v) is 4.52. The van der Waals surface area contributed by atoms with Crippen LogP contribution in [0.5, 0.6) is 5.88 Å². The highest BCUT2D eigenvalue weighted by molar-refractivity contribution is 7.92. The quantitative estimate of drug-likeness (QED) is 0.353. The van der Waals surface area contributed by atoms with E-state index >= 15 is 0 Å². The Kier molecular flexibility index (Phi) is 8.55. The number of carbonyl (C=O) groups excluding carboxylic acids is 1. The van der Waals surface area contributed by atoms with Crippen LogP contribution in [0.3, 0.4) is 0 Å². The number of sulfonamides is 1. The van der Waals surface area contributed by atoms with Gasteiger partial charge >= 0.3 is 6.18 Å². The van der Waals surface area contributed by atoms with E-state index in [0.29, 0.717) is 6.07 Å². The molecule has 1 heterocycles. The summed E-state index contributed by atoms with van der Waals surface area (Å²) in [6.45, 7) is -1.04. The maximum absolute atomic E-state index is 14.3. The molecule has 0 fully saturated rings. The van der Waals surface area contributed by atoms with Crippen molar-refractivity contribution in [2.45, 2.75) is 12.7 Å². The van der Waals surface area contributed by atoms with Crippen LogP contribution >= 0.6 is 0 Å². The van der Waals surface area contributed by atoms with Gasteiger partial charge in [0.15, 0.2) is 0 Å². The van der Waals surface area contributed by atoms with E-state index in [0.717, 1.165) is 30.5 Å². The zero-order chi connectivity index (χ0) is 25.5. The topological polar surface area (TPSA) is 141 Å². The Morgan fingerprint density at radius 2 is 2.03 bits per heavy atom.